The van der Waals surface area contributed by atoms with E-state index in [1.807, 2.05) is 0 Å². The van der Waals surface area contributed by atoms with Crippen LogP contribution in [0.2, 0.25) is 0 Å². The Labute approximate surface area is 182 Å². The van der Waals surface area contributed by atoms with E-state index in [0.717, 1.165) is 49.4 Å². The van der Waals surface area contributed by atoms with Crippen LogP contribution in [0.15, 0.2) is 0 Å². The summed E-state index contributed by atoms with van der Waals surface area (Å²) in [7, 11) is 0. The van der Waals surface area contributed by atoms with Crippen LogP contribution in [0.1, 0.15) is 85.0 Å². The van der Waals surface area contributed by atoms with Crippen molar-refractivity contribution in [1.82, 2.24) is 0 Å². The van der Waals surface area contributed by atoms with Gasteiger partial charge in [0, 0.05) is 18.4 Å². The Morgan fingerprint density at radius 2 is 1.70 bits per heavy atom. The van der Waals surface area contributed by atoms with Crippen molar-refractivity contribution in [3.63, 3.8) is 0 Å². The summed E-state index contributed by atoms with van der Waals surface area (Å²) < 4.78 is 13.2. The molecule has 3 N–H and O–H groups in total. The molecule has 0 bridgehead atoms. The molecule has 6 fully saturated rings. The number of fused-ring (bicyclic) bond motifs is 7. The molecule has 170 valence electrons. The molecule has 2 heterocycles. The zero-order chi connectivity index (χ0) is 20.9. The maximum atomic E-state index is 10.3. The van der Waals surface area contributed by atoms with E-state index in [1.165, 1.54) is 38.5 Å². The average molecular weight is 418 g/mol. The molecule has 0 amide bonds. The Bertz CT molecular complexity index is 690. The van der Waals surface area contributed by atoms with Crippen molar-refractivity contribution in [2.24, 2.45) is 52.1 Å². The van der Waals surface area contributed by atoms with Crippen LogP contribution in [0.4, 0.5) is 0 Å². The zero-order valence-corrected chi connectivity index (χ0v) is 19.3. The van der Waals surface area contributed by atoms with Gasteiger partial charge in [-0.05, 0) is 98.2 Å². The van der Waals surface area contributed by atoms with Gasteiger partial charge in [0.25, 0.3) is 0 Å². The van der Waals surface area contributed by atoms with Crippen LogP contribution in [-0.2, 0) is 9.47 Å². The molecule has 12 atom stereocenters. The molecule has 0 aromatic carbocycles. The lowest BCUT2D eigenvalue weighted by atomic mass is 9.44. The number of aliphatic hydroxyl groups is 1. The largest absolute Gasteiger partial charge is 0.393 e. The van der Waals surface area contributed by atoms with E-state index in [1.54, 1.807) is 0 Å². The third-order valence-electron chi connectivity index (χ3n) is 11.7. The first kappa shape index (κ1) is 20.4. The number of ether oxygens (including phenoxy) is 2. The van der Waals surface area contributed by atoms with Crippen LogP contribution < -0.4 is 5.73 Å². The van der Waals surface area contributed by atoms with Crippen molar-refractivity contribution in [3.8, 4) is 0 Å². The quantitative estimate of drug-likeness (QED) is 0.610. The number of hydrogen-bond donors (Lipinski definition) is 2. The van der Waals surface area contributed by atoms with Crippen molar-refractivity contribution in [2.75, 3.05) is 6.61 Å². The highest BCUT2D eigenvalue weighted by Gasteiger charge is 2.69. The summed E-state index contributed by atoms with van der Waals surface area (Å²) in [5.74, 6) is 4.01. The van der Waals surface area contributed by atoms with E-state index in [4.69, 9.17) is 15.2 Å². The number of aliphatic hydroxyl groups excluding tert-OH is 1. The first-order chi connectivity index (χ1) is 14.3. The second-order valence-electron chi connectivity index (χ2n) is 12.8. The molecule has 2 saturated heterocycles. The lowest BCUT2D eigenvalue weighted by Crippen LogP contribution is -2.55. The third kappa shape index (κ3) is 2.60. The van der Waals surface area contributed by atoms with Gasteiger partial charge in [-0.25, -0.2) is 0 Å². The van der Waals surface area contributed by atoms with Crippen molar-refractivity contribution in [1.29, 1.82) is 0 Å². The van der Waals surface area contributed by atoms with Crippen molar-refractivity contribution in [2.45, 2.75) is 109 Å². The minimum Gasteiger partial charge on any atom is -0.393 e. The Kier molecular flexibility index (Phi) is 4.55. The minimum absolute atomic E-state index is 0.0478. The lowest BCUT2D eigenvalue weighted by Gasteiger charge is -2.61. The predicted molar refractivity (Wildman–Crippen MR) is 117 cm³/mol. The molecule has 6 rings (SSSR count). The predicted octanol–water partition coefficient (Wildman–Crippen LogP) is 4.49. The van der Waals surface area contributed by atoms with E-state index in [0.29, 0.717) is 35.4 Å². The summed E-state index contributed by atoms with van der Waals surface area (Å²) in [6, 6.07) is 0.176. The van der Waals surface area contributed by atoms with Crippen LogP contribution in [0.3, 0.4) is 0 Å². The fourth-order valence-electron chi connectivity index (χ4n) is 10.2. The van der Waals surface area contributed by atoms with Gasteiger partial charge in [0.1, 0.15) is 0 Å². The number of rotatable bonds is 0. The molecule has 2 unspecified atom stereocenters. The Morgan fingerprint density at radius 3 is 2.47 bits per heavy atom. The standard InChI is InChI=1S/C26H43NO3/c1-15-23-22(30-26(15)11-6-17(27)14-29-26)13-21-19-5-4-16-12-18(28)7-9-24(16,2)20(19)8-10-25(21,23)3/h15-23,28H,4-14,27H2,1-3H3/t15-,16?,17?,18-,19+,20-,21-,22-,23-,24-,25-,26+/m0/s1. The topological polar surface area (TPSA) is 64.7 Å². The van der Waals surface area contributed by atoms with E-state index in [9.17, 15) is 5.11 Å². The molecular weight excluding hydrogens is 374 g/mol. The second kappa shape index (κ2) is 6.68. The van der Waals surface area contributed by atoms with Gasteiger partial charge in [0.15, 0.2) is 5.79 Å². The molecule has 4 saturated carbocycles. The Hall–Kier alpha value is -0.160. The van der Waals surface area contributed by atoms with E-state index < -0.39 is 0 Å². The van der Waals surface area contributed by atoms with Crippen LogP contribution in [0.5, 0.6) is 0 Å². The third-order valence-corrected chi connectivity index (χ3v) is 11.7. The average Bonchev–Trinajstić information content (AvgIpc) is 3.16. The van der Waals surface area contributed by atoms with E-state index in [-0.39, 0.29) is 17.9 Å². The fourth-order valence-corrected chi connectivity index (χ4v) is 10.2. The normalized spacial score (nSPS) is 62.5. The highest BCUT2D eigenvalue weighted by molar-refractivity contribution is 5.15. The molecule has 4 aliphatic carbocycles. The van der Waals surface area contributed by atoms with Crippen LogP contribution in [0.25, 0.3) is 0 Å². The van der Waals surface area contributed by atoms with Gasteiger partial charge in [0.2, 0.25) is 0 Å². The number of hydrogen-bond acceptors (Lipinski definition) is 4. The van der Waals surface area contributed by atoms with E-state index in [2.05, 4.69) is 20.8 Å². The summed E-state index contributed by atoms with van der Waals surface area (Å²) in [6.07, 6.45) is 12.3. The van der Waals surface area contributed by atoms with Crippen molar-refractivity contribution >= 4 is 0 Å². The Morgan fingerprint density at radius 1 is 0.900 bits per heavy atom. The molecule has 30 heavy (non-hydrogen) atoms. The monoisotopic (exact) mass is 417 g/mol. The second-order valence-corrected chi connectivity index (χ2v) is 12.8. The van der Waals surface area contributed by atoms with Gasteiger partial charge in [-0.15, -0.1) is 0 Å². The molecule has 0 aromatic heterocycles. The van der Waals surface area contributed by atoms with Crippen LogP contribution in [-0.4, -0.2) is 35.8 Å². The van der Waals surface area contributed by atoms with Gasteiger partial charge in [0.05, 0.1) is 18.8 Å². The summed E-state index contributed by atoms with van der Waals surface area (Å²) in [4.78, 5) is 0. The lowest BCUT2D eigenvalue weighted by molar-refractivity contribution is -0.267. The maximum Gasteiger partial charge on any atom is 0.171 e. The summed E-state index contributed by atoms with van der Waals surface area (Å²) >= 11 is 0. The molecule has 6 aliphatic rings. The van der Waals surface area contributed by atoms with Crippen molar-refractivity contribution in [3.05, 3.63) is 0 Å². The molecule has 0 radical (unpaired) electrons. The molecule has 1 spiro atoms. The first-order valence-corrected chi connectivity index (χ1v) is 13.0. The summed E-state index contributed by atoms with van der Waals surface area (Å²) in [5.41, 5.74) is 6.98. The minimum atomic E-state index is -0.362. The summed E-state index contributed by atoms with van der Waals surface area (Å²) in [5, 5.41) is 10.3. The van der Waals surface area contributed by atoms with Gasteiger partial charge in [-0.3, -0.25) is 0 Å². The van der Waals surface area contributed by atoms with Gasteiger partial charge < -0.3 is 20.3 Å². The number of nitrogens with two attached hydrogens (primary N) is 1. The van der Waals surface area contributed by atoms with E-state index >= 15 is 0 Å². The molecule has 4 heteroatoms. The summed E-state index contributed by atoms with van der Waals surface area (Å²) in [6.45, 7) is 8.28. The molecule has 2 aliphatic heterocycles. The first-order valence-electron chi connectivity index (χ1n) is 13.0. The fraction of sp³-hybridized carbons (Fsp3) is 1.00. The molecule has 4 nitrogen and oxygen atoms in total. The molecular formula is C26H43NO3. The highest BCUT2D eigenvalue weighted by atomic mass is 16.7. The van der Waals surface area contributed by atoms with Crippen LogP contribution >= 0.6 is 0 Å². The SMILES string of the molecule is C[C@H]1[C@H]2[C@H](C[C@H]3[C@@H]4CCC5C[C@@H](O)CC[C@]5(C)[C@H]4CC[C@]23C)O[C@]12CCC(N)CO2. The Balaban J connectivity index is 1.26. The molecule has 0 aromatic rings. The van der Waals surface area contributed by atoms with Gasteiger partial charge in [-0.2, -0.15) is 0 Å². The zero-order valence-electron chi connectivity index (χ0n) is 19.3. The highest BCUT2D eigenvalue weighted by Crippen LogP contribution is 2.71. The maximum absolute atomic E-state index is 10.3. The van der Waals surface area contributed by atoms with Crippen LogP contribution in [0, 0.1) is 46.3 Å². The van der Waals surface area contributed by atoms with Gasteiger partial charge in [-0.1, -0.05) is 20.8 Å². The smallest absolute Gasteiger partial charge is 0.171 e. The van der Waals surface area contributed by atoms with Crippen molar-refractivity contribution < 1.29 is 14.6 Å². The van der Waals surface area contributed by atoms with Gasteiger partial charge >= 0.3 is 0 Å².